The average Bonchev–Trinajstić information content (AvgIpc) is 2.39. The van der Waals surface area contributed by atoms with E-state index < -0.39 is 5.60 Å². The Morgan fingerprint density at radius 2 is 2.11 bits per heavy atom. The summed E-state index contributed by atoms with van der Waals surface area (Å²) in [5.74, 6) is 0. The summed E-state index contributed by atoms with van der Waals surface area (Å²) in [5, 5.41) is 13.8. The Hall–Kier alpha value is -1.72. The van der Waals surface area contributed by atoms with Crippen molar-refractivity contribution in [3.63, 3.8) is 0 Å². The number of hydrogen-bond donors (Lipinski definition) is 2. The van der Waals surface area contributed by atoms with E-state index in [0.717, 1.165) is 13.1 Å². The topological polar surface area (TPSA) is 66.6 Å². The highest BCUT2D eigenvalue weighted by atomic mass is 16.3. The van der Waals surface area contributed by atoms with Crippen LogP contribution in [0.1, 0.15) is 18.5 Å². The van der Waals surface area contributed by atoms with Gasteiger partial charge < -0.3 is 10.4 Å². The number of aliphatic hydroxyl groups is 1. The minimum Gasteiger partial charge on any atom is -0.383 e. The van der Waals surface area contributed by atoms with Crippen molar-refractivity contribution in [1.82, 2.24) is 14.7 Å². The van der Waals surface area contributed by atoms with E-state index in [1.807, 2.05) is 6.07 Å². The molecule has 1 aliphatic rings. The van der Waals surface area contributed by atoms with Crippen molar-refractivity contribution in [2.45, 2.75) is 18.4 Å². The lowest BCUT2D eigenvalue weighted by molar-refractivity contribution is 0.00190. The quantitative estimate of drug-likeness (QED) is 0.756. The summed E-state index contributed by atoms with van der Waals surface area (Å²) in [6, 6.07) is 6.83. The van der Waals surface area contributed by atoms with Crippen LogP contribution in [0.4, 0.5) is 0 Å². The number of hydrogen-bond acceptors (Lipinski definition) is 4. The molecule has 0 saturated carbocycles. The standard InChI is InChI=1S/C13H15N3O2/c17-12-9-10(13(18)4-6-14-7-5-13)15-11-3-1-2-8-16(11)12/h1-3,8-9,14,18H,4-7H2. The molecule has 1 fully saturated rings. The Morgan fingerprint density at radius 1 is 1.33 bits per heavy atom. The van der Waals surface area contributed by atoms with Gasteiger partial charge in [-0.05, 0) is 38.1 Å². The Morgan fingerprint density at radius 3 is 2.89 bits per heavy atom. The SMILES string of the molecule is O=c1cc(C2(O)CCNCC2)nc2ccccn12. The second kappa shape index (κ2) is 4.19. The van der Waals surface area contributed by atoms with E-state index in [1.165, 1.54) is 10.5 Å². The monoisotopic (exact) mass is 245 g/mol. The zero-order chi connectivity index (χ0) is 12.6. The largest absolute Gasteiger partial charge is 0.383 e. The zero-order valence-electron chi connectivity index (χ0n) is 9.97. The van der Waals surface area contributed by atoms with Gasteiger partial charge in [0.1, 0.15) is 11.2 Å². The summed E-state index contributed by atoms with van der Waals surface area (Å²) in [4.78, 5) is 16.4. The van der Waals surface area contributed by atoms with E-state index in [-0.39, 0.29) is 5.56 Å². The predicted octanol–water partition coefficient (Wildman–Crippen LogP) is 0.265. The van der Waals surface area contributed by atoms with Crippen LogP contribution in [0.2, 0.25) is 0 Å². The van der Waals surface area contributed by atoms with Gasteiger partial charge in [-0.3, -0.25) is 9.20 Å². The lowest BCUT2D eigenvalue weighted by atomic mass is 9.89. The summed E-state index contributed by atoms with van der Waals surface area (Å²) < 4.78 is 1.48. The van der Waals surface area contributed by atoms with Gasteiger partial charge in [-0.15, -0.1) is 0 Å². The molecule has 3 heterocycles. The second-order valence-electron chi connectivity index (χ2n) is 4.69. The van der Waals surface area contributed by atoms with Crippen molar-refractivity contribution in [2.75, 3.05) is 13.1 Å². The van der Waals surface area contributed by atoms with Gasteiger partial charge in [-0.25, -0.2) is 4.98 Å². The van der Waals surface area contributed by atoms with E-state index in [4.69, 9.17) is 0 Å². The fourth-order valence-electron chi connectivity index (χ4n) is 2.39. The van der Waals surface area contributed by atoms with Gasteiger partial charge in [-0.2, -0.15) is 0 Å². The number of nitrogens with zero attached hydrogens (tertiary/aromatic N) is 2. The molecule has 18 heavy (non-hydrogen) atoms. The van der Waals surface area contributed by atoms with Gasteiger partial charge in [0.25, 0.3) is 5.56 Å². The Kier molecular flexibility index (Phi) is 2.65. The van der Waals surface area contributed by atoms with Gasteiger partial charge >= 0.3 is 0 Å². The van der Waals surface area contributed by atoms with Crippen molar-refractivity contribution in [2.24, 2.45) is 0 Å². The lowest BCUT2D eigenvalue weighted by Gasteiger charge is -2.31. The molecule has 3 rings (SSSR count). The molecule has 0 aliphatic carbocycles. The number of rotatable bonds is 1. The number of nitrogens with one attached hydrogen (secondary N) is 1. The first kappa shape index (κ1) is 11.4. The molecule has 1 aliphatic heterocycles. The summed E-state index contributed by atoms with van der Waals surface area (Å²) in [7, 11) is 0. The molecule has 2 N–H and O–H groups in total. The molecule has 1 saturated heterocycles. The molecule has 0 bridgehead atoms. The molecule has 0 spiro atoms. The van der Waals surface area contributed by atoms with Crippen molar-refractivity contribution in [1.29, 1.82) is 0 Å². The summed E-state index contributed by atoms with van der Waals surface area (Å²) >= 11 is 0. The summed E-state index contributed by atoms with van der Waals surface area (Å²) in [6.07, 6.45) is 2.85. The Balaban J connectivity index is 2.15. The molecule has 0 amide bonds. The molecule has 0 atom stereocenters. The second-order valence-corrected chi connectivity index (χ2v) is 4.69. The highest BCUT2D eigenvalue weighted by molar-refractivity contribution is 5.39. The fraction of sp³-hybridized carbons (Fsp3) is 0.385. The van der Waals surface area contributed by atoms with Crippen LogP contribution in [-0.4, -0.2) is 27.6 Å². The number of pyridine rings is 1. The number of fused-ring (bicyclic) bond motifs is 1. The summed E-state index contributed by atoms with van der Waals surface area (Å²) in [6.45, 7) is 1.48. The first-order chi connectivity index (χ1) is 8.69. The maximum absolute atomic E-state index is 12.0. The van der Waals surface area contributed by atoms with Crippen LogP contribution in [-0.2, 0) is 5.60 Å². The van der Waals surface area contributed by atoms with E-state index in [2.05, 4.69) is 10.3 Å². The average molecular weight is 245 g/mol. The maximum Gasteiger partial charge on any atom is 0.258 e. The van der Waals surface area contributed by atoms with Crippen molar-refractivity contribution in [3.8, 4) is 0 Å². The van der Waals surface area contributed by atoms with E-state index in [1.54, 1.807) is 18.3 Å². The van der Waals surface area contributed by atoms with Crippen LogP contribution in [0.25, 0.3) is 5.65 Å². The maximum atomic E-state index is 12.0. The summed E-state index contributed by atoms with van der Waals surface area (Å²) in [5.41, 5.74) is -0.0654. The van der Waals surface area contributed by atoms with Gasteiger partial charge in [0.15, 0.2) is 0 Å². The third kappa shape index (κ3) is 1.81. The molecule has 0 aromatic carbocycles. The molecule has 5 heteroatoms. The van der Waals surface area contributed by atoms with Crippen LogP contribution in [0.15, 0.2) is 35.3 Å². The van der Waals surface area contributed by atoms with Gasteiger partial charge in [-0.1, -0.05) is 6.07 Å². The van der Waals surface area contributed by atoms with Crippen LogP contribution < -0.4 is 10.9 Å². The third-order valence-electron chi connectivity index (χ3n) is 3.48. The molecular formula is C13H15N3O2. The van der Waals surface area contributed by atoms with E-state index in [9.17, 15) is 9.90 Å². The molecule has 2 aromatic heterocycles. The molecular weight excluding hydrogens is 230 g/mol. The number of aromatic nitrogens is 2. The number of piperidine rings is 1. The third-order valence-corrected chi connectivity index (χ3v) is 3.48. The Labute approximate surface area is 104 Å². The molecule has 0 radical (unpaired) electrons. The predicted molar refractivity (Wildman–Crippen MR) is 67.5 cm³/mol. The van der Waals surface area contributed by atoms with E-state index in [0.29, 0.717) is 24.2 Å². The molecule has 5 nitrogen and oxygen atoms in total. The van der Waals surface area contributed by atoms with Crippen molar-refractivity contribution < 1.29 is 5.11 Å². The molecule has 2 aromatic rings. The molecule has 0 unspecified atom stereocenters. The first-order valence-corrected chi connectivity index (χ1v) is 6.11. The minimum atomic E-state index is -0.977. The zero-order valence-corrected chi connectivity index (χ0v) is 9.97. The van der Waals surface area contributed by atoms with Gasteiger partial charge in [0.05, 0.1) is 5.69 Å². The highest BCUT2D eigenvalue weighted by Crippen LogP contribution is 2.28. The van der Waals surface area contributed by atoms with Crippen LogP contribution in [0, 0.1) is 0 Å². The van der Waals surface area contributed by atoms with Crippen molar-refractivity contribution in [3.05, 3.63) is 46.5 Å². The van der Waals surface area contributed by atoms with Gasteiger partial charge in [0.2, 0.25) is 0 Å². The van der Waals surface area contributed by atoms with Gasteiger partial charge in [0, 0.05) is 12.3 Å². The lowest BCUT2D eigenvalue weighted by Crippen LogP contribution is -2.41. The minimum absolute atomic E-state index is 0.150. The molecule has 94 valence electrons. The smallest absolute Gasteiger partial charge is 0.258 e. The van der Waals surface area contributed by atoms with Crippen molar-refractivity contribution >= 4 is 5.65 Å². The van der Waals surface area contributed by atoms with Crippen LogP contribution in [0.5, 0.6) is 0 Å². The Bertz CT molecular complexity index is 629. The fourth-order valence-corrected chi connectivity index (χ4v) is 2.39. The normalized spacial score (nSPS) is 18.9. The van der Waals surface area contributed by atoms with Crippen LogP contribution in [0.3, 0.4) is 0 Å². The highest BCUT2D eigenvalue weighted by Gasteiger charge is 2.33. The van der Waals surface area contributed by atoms with Crippen LogP contribution >= 0.6 is 0 Å². The van der Waals surface area contributed by atoms with E-state index >= 15 is 0 Å². The first-order valence-electron chi connectivity index (χ1n) is 6.11.